The van der Waals surface area contributed by atoms with Crippen LogP contribution in [0.3, 0.4) is 0 Å². The predicted octanol–water partition coefficient (Wildman–Crippen LogP) is 3.17. The smallest absolute Gasteiger partial charge is 0.156 e. The van der Waals surface area contributed by atoms with Crippen LogP contribution in [0, 0.1) is 13.8 Å². The van der Waals surface area contributed by atoms with Crippen molar-refractivity contribution in [2.45, 2.75) is 32.7 Å². The highest BCUT2D eigenvalue weighted by molar-refractivity contribution is 5.51. The molecule has 3 aromatic rings. The molecule has 29 heavy (non-hydrogen) atoms. The van der Waals surface area contributed by atoms with Crippen molar-refractivity contribution in [3.05, 3.63) is 59.0 Å². The molecule has 1 aromatic carbocycles. The van der Waals surface area contributed by atoms with Crippen LogP contribution in [-0.2, 0) is 11.3 Å². The van der Waals surface area contributed by atoms with E-state index in [2.05, 4.69) is 60.2 Å². The third-order valence-electron chi connectivity index (χ3n) is 6.03. The lowest BCUT2D eigenvalue weighted by Crippen LogP contribution is -2.36. The Kier molecular flexibility index (Phi) is 4.97. The maximum absolute atomic E-state index is 5.46. The summed E-state index contributed by atoms with van der Waals surface area (Å²) in [7, 11) is 0. The van der Waals surface area contributed by atoms with Gasteiger partial charge in [0.25, 0.3) is 0 Å². The Hall–Kier alpha value is -2.44. The largest absolute Gasteiger partial charge is 0.378 e. The summed E-state index contributed by atoms with van der Waals surface area (Å²) in [6, 6.07) is 11.1. The topological polar surface area (TPSA) is 45.9 Å². The van der Waals surface area contributed by atoms with Crippen LogP contribution in [0.4, 0.5) is 5.69 Å². The number of ether oxygens (including phenoxy) is 1. The Bertz CT molecular complexity index is 987. The van der Waals surface area contributed by atoms with E-state index in [1.807, 2.05) is 4.52 Å². The molecule has 1 atom stereocenters. The standard InChI is InChI=1S/C23H29N5O/c1-17-11-18(2)13-19(12-17)14-26-6-5-20(15-26)23-24-22-4-3-21(16-28(22)25-23)27-7-9-29-10-8-27/h3-4,11-13,16,20H,5-10,14-15H2,1-2H3/t20-/m0/s1. The summed E-state index contributed by atoms with van der Waals surface area (Å²) in [6.07, 6.45) is 3.23. The quantitative estimate of drug-likeness (QED) is 0.684. The van der Waals surface area contributed by atoms with Gasteiger partial charge in [0.05, 0.1) is 25.1 Å². The van der Waals surface area contributed by atoms with Gasteiger partial charge in [0, 0.05) is 32.1 Å². The van der Waals surface area contributed by atoms with Crippen LogP contribution in [0.25, 0.3) is 5.65 Å². The first-order valence-electron chi connectivity index (χ1n) is 10.6. The average Bonchev–Trinajstić information content (AvgIpc) is 3.34. The highest BCUT2D eigenvalue weighted by Crippen LogP contribution is 2.27. The Morgan fingerprint density at radius 3 is 2.62 bits per heavy atom. The summed E-state index contributed by atoms with van der Waals surface area (Å²) >= 11 is 0. The molecule has 0 amide bonds. The van der Waals surface area contributed by atoms with Gasteiger partial charge in [-0.25, -0.2) is 9.50 Å². The number of hydrogen-bond donors (Lipinski definition) is 0. The van der Waals surface area contributed by atoms with E-state index in [1.165, 1.54) is 22.4 Å². The second kappa shape index (κ2) is 7.76. The zero-order valence-corrected chi connectivity index (χ0v) is 17.3. The SMILES string of the molecule is Cc1cc(C)cc(CN2CC[C@H](c3nc4ccc(N5CCOCC5)cn4n3)C2)c1. The zero-order chi connectivity index (χ0) is 19.8. The third kappa shape index (κ3) is 4.00. The second-order valence-electron chi connectivity index (χ2n) is 8.48. The first kappa shape index (κ1) is 18.6. The van der Waals surface area contributed by atoms with Gasteiger partial charge in [-0.15, -0.1) is 0 Å². The summed E-state index contributed by atoms with van der Waals surface area (Å²) in [4.78, 5) is 9.72. The van der Waals surface area contributed by atoms with Gasteiger partial charge in [0.15, 0.2) is 11.5 Å². The van der Waals surface area contributed by atoms with Crippen molar-refractivity contribution in [3.8, 4) is 0 Å². The van der Waals surface area contributed by atoms with E-state index >= 15 is 0 Å². The van der Waals surface area contributed by atoms with E-state index in [4.69, 9.17) is 14.8 Å². The molecule has 6 nitrogen and oxygen atoms in total. The normalized spacial score (nSPS) is 20.6. The van der Waals surface area contributed by atoms with E-state index in [0.717, 1.165) is 63.8 Å². The molecule has 4 heterocycles. The molecule has 2 aliphatic rings. The Morgan fingerprint density at radius 1 is 1.03 bits per heavy atom. The van der Waals surface area contributed by atoms with E-state index < -0.39 is 0 Å². The summed E-state index contributed by atoms with van der Waals surface area (Å²) in [5.74, 6) is 1.39. The number of fused-ring (bicyclic) bond motifs is 1. The van der Waals surface area contributed by atoms with Gasteiger partial charge in [-0.3, -0.25) is 4.90 Å². The fourth-order valence-electron chi connectivity index (χ4n) is 4.68. The predicted molar refractivity (Wildman–Crippen MR) is 115 cm³/mol. The van der Waals surface area contributed by atoms with Crippen molar-refractivity contribution >= 4 is 11.3 Å². The van der Waals surface area contributed by atoms with Gasteiger partial charge in [0.2, 0.25) is 0 Å². The van der Waals surface area contributed by atoms with E-state index in [0.29, 0.717) is 5.92 Å². The first-order valence-corrected chi connectivity index (χ1v) is 10.6. The molecule has 2 fully saturated rings. The Balaban J connectivity index is 1.29. The molecule has 2 aromatic heterocycles. The molecule has 0 unspecified atom stereocenters. The molecule has 0 bridgehead atoms. The van der Waals surface area contributed by atoms with Crippen LogP contribution in [-0.4, -0.2) is 58.9 Å². The molecule has 2 aliphatic heterocycles. The minimum atomic E-state index is 0.410. The highest BCUT2D eigenvalue weighted by Gasteiger charge is 2.27. The lowest BCUT2D eigenvalue weighted by atomic mass is 10.1. The number of hydrogen-bond acceptors (Lipinski definition) is 5. The molecule has 0 spiro atoms. The Labute approximate surface area is 172 Å². The molecule has 0 radical (unpaired) electrons. The second-order valence-corrected chi connectivity index (χ2v) is 8.48. The molecule has 6 heteroatoms. The average molecular weight is 392 g/mol. The maximum atomic E-state index is 5.46. The summed E-state index contributed by atoms with van der Waals surface area (Å²) in [5, 5.41) is 4.84. The maximum Gasteiger partial charge on any atom is 0.156 e. The van der Waals surface area contributed by atoms with Crippen LogP contribution >= 0.6 is 0 Å². The van der Waals surface area contributed by atoms with Crippen LogP contribution in [0.5, 0.6) is 0 Å². The van der Waals surface area contributed by atoms with Crippen LogP contribution in [0.2, 0.25) is 0 Å². The number of likely N-dealkylation sites (tertiary alicyclic amines) is 1. The van der Waals surface area contributed by atoms with Crippen molar-refractivity contribution < 1.29 is 4.74 Å². The van der Waals surface area contributed by atoms with Gasteiger partial charge in [-0.2, -0.15) is 5.10 Å². The van der Waals surface area contributed by atoms with Gasteiger partial charge >= 0.3 is 0 Å². The van der Waals surface area contributed by atoms with Crippen LogP contribution < -0.4 is 4.90 Å². The molecular formula is C23H29N5O. The molecule has 0 aliphatic carbocycles. The number of nitrogens with zero attached hydrogens (tertiary/aromatic N) is 5. The number of aromatic nitrogens is 3. The molecule has 0 N–H and O–H groups in total. The molecule has 5 rings (SSSR count). The minimum Gasteiger partial charge on any atom is -0.378 e. The number of morpholine rings is 1. The van der Waals surface area contributed by atoms with Gasteiger partial charge in [0.1, 0.15) is 0 Å². The van der Waals surface area contributed by atoms with E-state index in [-0.39, 0.29) is 0 Å². The molecular weight excluding hydrogens is 362 g/mol. The minimum absolute atomic E-state index is 0.410. The fourth-order valence-corrected chi connectivity index (χ4v) is 4.68. The lowest BCUT2D eigenvalue weighted by molar-refractivity contribution is 0.122. The summed E-state index contributed by atoms with van der Waals surface area (Å²) < 4.78 is 7.42. The monoisotopic (exact) mass is 391 g/mol. The van der Waals surface area contributed by atoms with E-state index in [9.17, 15) is 0 Å². The Morgan fingerprint density at radius 2 is 1.83 bits per heavy atom. The van der Waals surface area contributed by atoms with Crippen molar-refractivity contribution in [3.63, 3.8) is 0 Å². The lowest BCUT2D eigenvalue weighted by Gasteiger charge is -2.28. The summed E-state index contributed by atoms with van der Waals surface area (Å²) in [6.45, 7) is 10.9. The number of benzene rings is 1. The van der Waals surface area contributed by atoms with Gasteiger partial charge in [-0.1, -0.05) is 29.3 Å². The number of rotatable bonds is 4. The number of aryl methyl sites for hydroxylation is 2. The summed E-state index contributed by atoms with van der Waals surface area (Å²) in [5.41, 5.74) is 6.22. The van der Waals surface area contributed by atoms with Crippen LogP contribution in [0.1, 0.15) is 34.9 Å². The van der Waals surface area contributed by atoms with Crippen molar-refractivity contribution in [1.29, 1.82) is 0 Å². The first-order chi connectivity index (χ1) is 14.1. The third-order valence-corrected chi connectivity index (χ3v) is 6.03. The zero-order valence-electron chi connectivity index (χ0n) is 17.3. The number of pyridine rings is 1. The fraction of sp³-hybridized carbons (Fsp3) is 0.478. The molecule has 0 saturated carbocycles. The van der Waals surface area contributed by atoms with Crippen molar-refractivity contribution in [2.24, 2.45) is 0 Å². The molecule has 152 valence electrons. The molecule has 2 saturated heterocycles. The number of anilines is 1. The van der Waals surface area contributed by atoms with E-state index in [1.54, 1.807) is 0 Å². The van der Waals surface area contributed by atoms with Crippen LogP contribution in [0.15, 0.2) is 36.5 Å². The highest BCUT2D eigenvalue weighted by atomic mass is 16.5. The van der Waals surface area contributed by atoms with Gasteiger partial charge < -0.3 is 9.64 Å². The van der Waals surface area contributed by atoms with Gasteiger partial charge in [-0.05, 0) is 44.5 Å². The van der Waals surface area contributed by atoms with Crippen molar-refractivity contribution in [1.82, 2.24) is 19.5 Å². The van der Waals surface area contributed by atoms with Crippen molar-refractivity contribution in [2.75, 3.05) is 44.3 Å².